The molecule has 0 spiro atoms. The molecular formula is C30H30F6N3P3. The molecule has 0 aliphatic heterocycles. The maximum absolute atomic E-state index is 10.7. The van der Waals surface area contributed by atoms with Gasteiger partial charge < -0.3 is 0 Å². The molecule has 0 N–H and O–H groups in total. The fourth-order valence-electron chi connectivity index (χ4n) is 4.25. The van der Waals surface area contributed by atoms with Gasteiger partial charge >= 0.3 is 33.0 Å². The van der Waals surface area contributed by atoms with Crippen LogP contribution in [0, 0.1) is 0 Å². The van der Waals surface area contributed by atoms with Gasteiger partial charge in [0.05, 0.1) is 5.21 Å². The molecule has 0 bridgehead atoms. The van der Waals surface area contributed by atoms with Crippen molar-refractivity contribution < 1.29 is 29.9 Å². The van der Waals surface area contributed by atoms with Crippen LogP contribution in [0.3, 0.4) is 0 Å². The third kappa shape index (κ3) is 11.6. The maximum Gasteiger partial charge on any atom is 0.155 e. The second-order valence-electron chi connectivity index (χ2n) is 9.32. The van der Waals surface area contributed by atoms with Crippen LogP contribution in [0.5, 0.6) is 0 Å². The van der Waals surface area contributed by atoms with Gasteiger partial charge in [-0.1, -0.05) is 121 Å². The average molecular weight is 640 g/mol. The Hall–Kier alpha value is -3.11. The topological polar surface area (TPSA) is 21.7 Å². The summed E-state index contributed by atoms with van der Waals surface area (Å²) in [6, 6.07) is 43.6. The van der Waals surface area contributed by atoms with Crippen LogP contribution in [0.1, 0.15) is 0 Å². The summed E-state index contributed by atoms with van der Waals surface area (Å²) in [7, 11) is -11.5. The number of halogens is 6. The first-order valence-electron chi connectivity index (χ1n) is 13.1. The van der Waals surface area contributed by atoms with Gasteiger partial charge in [-0.05, 0) is 37.1 Å². The fourth-order valence-corrected chi connectivity index (χ4v) is 8.82. The van der Waals surface area contributed by atoms with E-state index in [1.54, 1.807) is 0 Å². The molecule has 0 radical (unpaired) electrons. The van der Waals surface area contributed by atoms with Crippen molar-refractivity contribution in [1.29, 1.82) is 0 Å². The minimum Gasteiger partial charge on any atom is -0.137 e. The second-order valence-corrected chi connectivity index (χ2v) is 15.9. The van der Waals surface area contributed by atoms with Gasteiger partial charge in [-0.2, -0.15) is 0 Å². The quantitative estimate of drug-likeness (QED) is 0.0868. The third-order valence-electron chi connectivity index (χ3n) is 6.02. The summed E-state index contributed by atoms with van der Waals surface area (Å²) in [5.41, 5.74) is 0. The van der Waals surface area contributed by atoms with E-state index in [1.165, 1.54) is 21.2 Å². The van der Waals surface area contributed by atoms with Crippen LogP contribution in [0.4, 0.5) is 25.2 Å². The maximum atomic E-state index is 9.87. The van der Waals surface area contributed by atoms with Crippen LogP contribution >= 0.6 is 23.7 Å². The molecule has 0 amide bonds. The molecular weight excluding hydrogens is 609 g/mol. The molecule has 0 unspecified atom stereocenters. The molecule has 5 aromatic rings. The van der Waals surface area contributed by atoms with Crippen molar-refractivity contribution in [3.63, 3.8) is 0 Å². The largest absolute Gasteiger partial charge is 0.155 e. The van der Waals surface area contributed by atoms with Gasteiger partial charge in [0.1, 0.15) is 13.1 Å². The second kappa shape index (κ2) is 13.0. The SMILES string of the molecule is F[P-](F)(F)(F)(F)F.c1ccc(P(CCn2cc[n+](CCP(c3ccccc3)c3ccccc3)n2)c2ccccc2)cc1. The van der Waals surface area contributed by atoms with Crippen LogP contribution < -0.4 is 25.9 Å². The van der Waals surface area contributed by atoms with Crippen LogP contribution in [0.15, 0.2) is 134 Å². The minimum absolute atomic E-state index is 0.411. The average Bonchev–Trinajstić information content (AvgIpc) is 3.42. The number of rotatable bonds is 10. The molecule has 0 fully saturated rings. The van der Waals surface area contributed by atoms with E-state index < -0.39 is 23.7 Å². The number of nitrogens with zero attached hydrogens (tertiary/aromatic N) is 3. The summed E-state index contributed by atoms with van der Waals surface area (Å²) in [5.74, 6) is 0. The van der Waals surface area contributed by atoms with E-state index in [0.29, 0.717) is 0 Å². The normalized spacial score (nSPS) is 13.2. The van der Waals surface area contributed by atoms with Gasteiger partial charge in [0, 0.05) is 12.3 Å². The molecule has 0 aliphatic rings. The Balaban J connectivity index is 0.000000517. The zero-order valence-corrected chi connectivity index (χ0v) is 25.2. The summed E-state index contributed by atoms with van der Waals surface area (Å²) in [6.07, 6.45) is 6.39. The number of aryl methyl sites for hydroxylation is 2. The molecule has 0 saturated carbocycles. The summed E-state index contributed by atoms with van der Waals surface area (Å²) >= 11 is 0. The molecule has 3 nitrogen and oxygen atoms in total. The van der Waals surface area contributed by atoms with E-state index in [4.69, 9.17) is 5.21 Å². The molecule has 0 saturated heterocycles. The summed E-state index contributed by atoms with van der Waals surface area (Å²) < 4.78 is 63.4. The van der Waals surface area contributed by atoms with Crippen molar-refractivity contribution in [2.24, 2.45) is 0 Å². The third-order valence-corrected chi connectivity index (χ3v) is 11.0. The molecule has 12 heteroatoms. The van der Waals surface area contributed by atoms with Crippen LogP contribution in [0.2, 0.25) is 0 Å². The van der Waals surface area contributed by atoms with E-state index >= 15 is 0 Å². The number of hydrogen-bond acceptors (Lipinski definition) is 1. The van der Waals surface area contributed by atoms with Gasteiger partial charge in [-0.3, -0.25) is 0 Å². The van der Waals surface area contributed by atoms with Crippen molar-refractivity contribution >= 4 is 44.9 Å². The van der Waals surface area contributed by atoms with Gasteiger partial charge in [0.15, 0.2) is 12.4 Å². The van der Waals surface area contributed by atoms with Gasteiger partial charge in [-0.25, -0.2) is 0 Å². The number of hydrogen-bond donors (Lipinski definition) is 0. The van der Waals surface area contributed by atoms with E-state index in [9.17, 15) is 25.2 Å². The Morgan fingerprint density at radius 3 is 1.24 bits per heavy atom. The first-order valence-corrected chi connectivity index (χ1v) is 18.1. The fraction of sp³-hybridized carbons (Fsp3) is 0.133. The monoisotopic (exact) mass is 639 g/mol. The van der Waals surface area contributed by atoms with Crippen molar-refractivity contribution in [2.75, 3.05) is 12.3 Å². The van der Waals surface area contributed by atoms with E-state index in [2.05, 4.69) is 143 Å². The van der Waals surface area contributed by atoms with E-state index in [0.717, 1.165) is 25.4 Å². The number of benzene rings is 4. The zero-order chi connectivity index (χ0) is 30.1. The Morgan fingerprint density at radius 2 is 0.881 bits per heavy atom. The molecule has 42 heavy (non-hydrogen) atoms. The predicted octanol–water partition coefficient (Wildman–Crippen LogP) is 7.82. The minimum atomic E-state index is -10.7. The van der Waals surface area contributed by atoms with Gasteiger partial charge in [0.25, 0.3) is 0 Å². The molecule has 222 valence electrons. The summed E-state index contributed by atoms with van der Waals surface area (Å²) in [6.45, 7) is 1.82. The van der Waals surface area contributed by atoms with Crippen molar-refractivity contribution in [1.82, 2.24) is 9.90 Å². The standard InChI is InChI=1S/C30H30N3P2.F6P/c1-5-13-27(14-6-1)34(28-15-7-2-8-16-28)25-23-32-21-22-33(31-32)24-26-35(29-17-9-3-10-18-29)30-19-11-4-12-20-30;1-7(2,3,4,5)6/h1-22H,23-26H2;/q+1;-1. The van der Waals surface area contributed by atoms with Gasteiger partial charge in [0.2, 0.25) is 0 Å². The van der Waals surface area contributed by atoms with E-state index in [1.807, 2.05) is 0 Å². The molecule has 0 atom stereocenters. The first kappa shape index (κ1) is 31.8. The molecule has 1 heterocycles. The smallest absolute Gasteiger partial charge is 0.137 e. The Morgan fingerprint density at radius 1 is 0.548 bits per heavy atom. The number of aromatic nitrogens is 3. The van der Waals surface area contributed by atoms with Crippen molar-refractivity contribution in [2.45, 2.75) is 13.1 Å². The summed E-state index contributed by atoms with van der Waals surface area (Å²) in [5, 5.41) is 10.6. The first-order chi connectivity index (χ1) is 19.8. The zero-order valence-electron chi connectivity index (χ0n) is 22.5. The molecule has 1 aromatic heterocycles. The van der Waals surface area contributed by atoms with Crippen LogP contribution in [0.25, 0.3) is 0 Å². The Labute approximate surface area is 243 Å². The molecule has 4 aromatic carbocycles. The van der Waals surface area contributed by atoms with Crippen molar-refractivity contribution in [3.05, 3.63) is 134 Å². The predicted molar refractivity (Wildman–Crippen MR) is 164 cm³/mol. The van der Waals surface area contributed by atoms with Crippen LogP contribution in [-0.2, 0) is 13.1 Å². The van der Waals surface area contributed by atoms with Gasteiger partial charge in [-0.15, -0.1) is 9.36 Å². The Bertz CT molecular complexity index is 1330. The van der Waals surface area contributed by atoms with E-state index in [-0.39, 0.29) is 0 Å². The summed E-state index contributed by atoms with van der Waals surface area (Å²) in [4.78, 5) is 0. The van der Waals surface area contributed by atoms with Crippen LogP contribution in [-0.4, -0.2) is 22.2 Å². The molecule has 0 aliphatic carbocycles. The molecule has 5 rings (SSSR count). The Kier molecular flexibility index (Phi) is 9.88. The van der Waals surface area contributed by atoms with Crippen molar-refractivity contribution in [3.8, 4) is 0 Å².